The molecule has 0 aliphatic heterocycles. The molecule has 0 radical (unpaired) electrons. The maximum absolute atomic E-state index is 11.4. The summed E-state index contributed by atoms with van der Waals surface area (Å²) < 4.78 is 0. The van der Waals surface area contributed by atoms with Gasteiger partial charge in [-0.05, 0) is 12.5 Å². The van der Waals surface area contributed by atoms with Crippen molar-refractivity contribution in [3.63, 3.8) is 0 Å². The molecule has 0 aromatic heterocycles. The Morgan fingerprint density at radius 1 is 1.35 bits per heavy atom. The second kappa shape index (κ2) is 7.81. The van der Waals surface area contributed by atoms with Gasteiger partial charge in [-0.25, -0.2) is 0 Å². The van der Waals surface area contributed by atoms with Gasteiger partial charge in [0, 0.05) is 32.1 Å². The zero-order chi connectivity index (χ0) is 12.5. The van der Waals surface area contributed by atoms with Crippen LogP contribution in [0.1, 0.15) is 18.9 Å². The molecule has 17 heavy (non-hydrogen) atoms. The first-order valence-corrected chi connectivity index (χ1v) is 6.00. The Hall–Kier alpha value is -1.39. The lowest BCUT2D eigenvalue weighted by Crippen LogP contribution is -2.40. The van der Waals surface area contributed by atoms with Crippen LogP contribution in [-0.4, -0.2) is 25.0 Å². The van der Waals surface area contributed by atoms with E-state index in [0.29, 0.717) is 19.5 Å². The molecular weight excluding hydrogens is 214 g/mol. The topological polar surface area (TPSA) is 67.2 Å². The maximum Gasteiger partial charge on any atom is 0.221 e. The first-order valence-electron chi connectivity index (χ1n) is 6.00. The van der Waals surface area contributed by atoms with Crippen LogP contribution in [0.4, 0.5) is 0 Å². The molecule has 1 unspecified atom stereocenters. The van der Waals surface area contributed by atoms with Crippen molar-refractivity contribution >= 4 is 5.91 Å². The molecule has 0 aliphatic rings. The van der Waals surface area contributed by atoms with Crippen LogP contribution in [0.3, 0.4) is 0 Å². The van der Waals surface area contributed by atoms with E-state index in [4.69, 9.17) is 5.73 Å². The van der Waals surface area contributed by atoms with Gasteiger partial charge in [0.15, 0.2) is 0 Å². The highest BCUT2D eigenvalue weighted by molar-refractivity contribution is 5.76. The molecule has 1 aromatic rings. The first kappa shape index (κ1) is 13.7. The number of hydrogen-bond acceptors (Lipinski definition) is 3. The van der Waals surface area contributed by atoms with Crippen molar-refractivity contribution in [3.05, 3.63) is 35.9 Å². The second-order valence-electron chi connectivity index (χ2n) is 3.96. The van der Waals surface area contributed by atoms with Gasteiger partial charge in [0.05, 0.1) is 0 Å². The van der Waals surface area contributed by atoms with Crippen molar-refractivity contribution in [1.82, 2.24) is 10.6 Å². The number of benzene rings is 1. The Kier molecular flexibility index (Phi) is 6.29. The summed E-state index contributed by atoms with van der Waals surface area (Å²) in [5.41, 5.74) is 6.84. The van der Waals surface area contributed by atoms with Crippen molar-refractivity contribution in [3.8, 4) is 0 Å². The van der Waals surface area contributed by atoms with Crippen LogP contribution >= 0.6 is 0 Å². The molecular formula is C13H21N3O. The molecule has 1 amide bonds. The Morgan fingerprint density at radius 3 is 2.65 bits per heavy atom. The number of hydrogen-bond donors (Lipinski definition) is 3. The molecule has 0 aliphatic carbocycles. The Morgan fingerprint density at radius 2 is 2.06 bits per heavy atom. The third kappa shape index (κ3) is 5.47. The van der Waals surface area contributed by atoms with Gasteiger partial charge < -0.3 is 16.4 Å². The fourth-order valence-corrected chi connectivity index (χ4v) is 1.59. The highest BCUT2D eigenvalue weighted by Gasteiger charge is 2.10. The van der Waals surface area contributed by atoms with Crippen LogP contribution in [-0.2, 0) is 11.3 Å². The van der Waals surface area contributed by atoms with E-state index in [1.807, 2.05) is 37.3 Å². The van der Waals surface area contributed by atoms with E-state index in [1.54, 1.807) is 0 Å². The Labute approximate surface area is 103 Å². The maximum atomic E-state index is 11.4. The zero-order valence-corrected chi connectivity index (χ0v) is 10.3. The lowest BCUT2D eigenvalue weighted by atomic mass is 10.1. The zero-order valence-electron chi connectivity index (χ0n) is 10.3. The average Bonchev–Trinajstić information content (AvgIpc) is 2.36. The predicted octanol–water partition coefficient (Wildman–Crippen LogP) is 0.630. The lowest BCUT2D eigenvalue weighted by molar-refractivity contribution is -0.121. The molecule has 0 fully saturated rings. The molecule has 1 atom stereocenters. The number of amides is 1. The summed E-state index contributed by atoms with van der Waals surface area (Å²) in [6.07, 6.45) is 0.428. The van der Waals surface area contributed by atoms with E-state index in [1.165, 1.54) is 5.56 Å². The quantitative estimate of drug-likeness (QED) is 0.649. The van der Waals surface area contributed by atoms with Crippen molar-refractivity contribution in [2.45, 2.75) is 25.9 Å². The number of nitrogens with one attached hydrogen (secondary N) is 2. The van der Waals surface area contributed by atoms with E-state index in [-0.39, 0.29) is 11.9 Å². The highest BCUT2D eigenvalue weighted by Crippen LogP contribution is 1.99. The molecule has 1 aromatic carbocycles. The average molecular weight is 235 g/mol. The van der Waals surface area contributed by atoms with Gasteiger partial charge in [-0.3, -0.25) is 4.79 Å². The third-order valence-corrected chi connectivity index (χ3v) is 2.53. The number of nitrogens with two attached hydrogens (primary N) is 1. The molecule has 4 heteroatoms. The van der Waals surface area contributed by atoms with Gasteiger partial charge in [-0.2, -0.15) is 0 Å². The second-order valence-corrected chi connectivity index (χ2v) is 3.96. The van der Waals surface area contributed by atoms with Gasteiger partial charge in [-0.15, -0.1) is 0 Å². The minimum atomic E-state index is 0.0294. The molecule has 4 N–H and O–H groups in total. The standard InChI is InChI=1S/C13H21N3O/c1-2-15-13(17)8-12(9-14)16-10-11-6-4-3-5-7-11/h3-7,12,16H,2,8-10,14H2,1H3,(H,15,17). The van der Waals surface area contributed by atoms with Crippen molar-refractivity contribution < 1.29 is 4.79 Å². The normalized spacial score (nSPS) is 12.1. The van der Waals surface area contributed by atoms with Gasteiger partial charge in [0.2, 0.25) is 5.91 Å². The molecule has 0 saturated heterocycles. The molecule has 4 nitrogen and oxygen atoms in total. The summed E-state index contributed by atoms with van der Waals surface area (Å²) in [6, 6.07) is 10.1. The van der Waals surface area contributed by atoms with E-state index in [0.717, 1.165) is 6.54 Å². The molecule has 0 heterocycles. The fraction of sp³-hybridized carbons (Fsp3) is 0.462. The van der Waals surface area contributed by atoms with E-state index >= 15 is 0 Å². The van der Waals surface area contributed by atoms with Crippen LogP contribution in [0.2, 0.25) is 0 Å². The first-order chi connectivity index (χ1) is 8.26. The van der Waals surface area contributed by atoms with Crippen LogP contribution in [0.15, 0.2) is 30.3 Å². The summed E-state index contributed by atoms with van der Waals surface area (Å²) in [4.78, 5) is 11.4. The van der Waals surface area contributed by atoms with Crippen LogP contribution in [0.25, 0.3) is 0 Å². The summed E-state index contributed by atoms with van der Waals surface area (Å²) >= 11 is 0. The smallest absolute Gasteiger partial charge is 0.221 e. The summed E-state index contributed by atoms with van der Waals surface area (Å²) in [5.74, 6) is 0.0449. The number of carbonyl (C=O) groups is 1. The van der Waals surface area contributed by atoms with Gasteiger partial charge in [-0.1, -0.05) is 30.3 Å². The predicted molar refractivity (Wildman–Crippen MR) is 69.4 cm³/mol. The van der Waals surface area contributed by atoms with E-state index < -0.39 is 0 Å². The van der Waals surface area contributed by atoms with Crippen LogP contribution in [0, 0.1) is 0 Å². The molecule has 0 bridgehead atoms. The van der Waals surface area contributed by atoms with Crippen molar-refractivity contribution in [1.29, 1.82) is 0 Å². The minimum absolute atomic E-state index is 0.0294. The van der Waals surface area contributed by atoms with Gasteiger partial charge in [0.25, 0.3) is 0 Å². The Bertz CT molecular complexity index is 327. The monoisotopic (exact) mass is 235 g/mol. The molecule has 1 rings (SSSR count). The third-order valence-electron chi connectivity index (χ3n) is 2.53. The minimum Gasteiger partial charge on any atom is -0.356 e. The molecule has 94 valence electrons. The van der Waals surface area contributed by atoms with E-state index in [9.17, 15) is 4.79 Å². The summed E-state index contributed by atoms with van der Waals surface area (Å²) in [6.45, 7) is 3.77. The largest absolute Gasteiger partial charge is 0.356 e. The summed E-state index contributed by atoms with van der Waals surface area (Å²) in [7, 11) is 0. The summed E-state index contributed by atoms with van der Waals surface area (Å²) in [5, 5.41) is 6.06. The van der Waals surface area contributed by atoms with E-state index in [2.05, 4.69) is 10.6 Å². The van der Waals surface area contributed by atoms with Crippen molar-refractivity contribution in [2.24, 2.45) is 5.73 Å². The van der Waals surface area contributed by atoms with Crippen molar-refractivity contribution in [2.75, 3.05) is 13.1 Å². The highest BCUT2D eigenvalue weighted by atomic mass is 16.1. The molecule has 0 spiro atoms. The number of rotatable bonds is 7. The van der Waals surface area contributed by atoms with Crippen LogP contribution < -0.4 is 16.4 Å². The van der Waals surface area contributed by atoms with Gasteiger partial charge >= 0.3 is 0 Å². The number of carbonyl (C=O) groups excluding carboxylic acids is 1. The van der Waals surface area contributed by atoms with Crippen LogP contribution in [0.5, 0.6) is 0 Å². The fourth-order valence-electron chi connectivity index (χ4n) is 1.59. The lowest BCUT2D eigenvalue weighted by Gasteiger charge is -2.16. The Balaban J connectivity index is 2.34. The molecule has 0 saturated carbocycles. The van der Waals surface area contributed by atoms with Gasteiger partial charge in [0.1, 0.15) is 0 Å². The SMILES string of the molecule is CCNC(=O)CC(CN)NCc1ccccc1.